The zero-order valence-electron chi connectivity index (χ0n) is 29.2. The predicted molar refractivity (Wildman–Crippen MR) is 189 cm³/mol. The molecule has 0 aliphatic carbocycles. The molecule has 2 fully saturated rings. The normalized spacial score (nSPS) is 19.9. The highest BCUT2D eigenvalue weighted by Gasteiger charge is 2.42. The van der Waals surface area contributed by atoms with Crippen molar-refractivity contribution >= 4 is 45.8 Å². The average molecular weight is 659 g/mol. The summed E-state index contributed by atoms with van der Waals surface area (Å²) in [7, 11) is 5.41. The van der Waals surface area contributed by atoms with Gasteiger partial charge in [0.15, 0.2) is 0 Å². The minimum Gasteiger partial charge on any atom is -0.494 e. The van der Waals surface area contributed by atoms with Gasteiger partial charge in [-0.05, 0) is 88.3 Å². The van der Waals surface area contributed by atoms with Gasteiger partial charge in [-0.15, -0.1) is 0 Å². The van der Waals surface area contributed by atoms with Gasteiger partial charge in [-0.3, -0.25) is 14.4 Å². The maximum absolute atomic E-state index is 13.9. The molecule has 4 N–H and O–H groups in total. The zero-order chi connectivity index (χ0) is 34.6. The van der Waals surface area contributed by atoms with Crippen LogP contribution in [0.1, 0.15) is 64.9 Å². The highest BCUT2D eigenvalue weighted by Crippen LogP contribution is 2.35. The van der Waals surface area contributed by atoms with Crippen molar-refractivity contribution in [3.05, 3.63) is 48.3 Å². The molecule has 12 nitrogen and oxygen atoms in total. The minimum absolute atomic E-state index is 0.272. The predicted octanol–water partition coefficient (Wildman–Crippen LogP) is 4.26. The molecule has 0 saturated carbocycles. The molecule has 258 valence electrons. The molecular formula is C36H50N8O4. The minimum atomic E-state index is -0.798. The van der Waals surface area contributed by atoms with Crippen molar-refractivity contribution < 1.29 is 19.1 Å². The Morgan fingerprint density at radius 3 is 2.42 bits per heavy atom. The van der Waals surface area contributed by atoms with Gasteiger partial charge in [0.2, 0.25) is 17.7 Å². The zero-order valence-corrected chi connectivity index (χ0v) is 29.2. The molecule has 2 aromatic carbocycles. The van der Waals surface area contributed by atoms with Gasteiger partial charge >= 0.3 is 0 Å². The van der Waals surface area contributed by atoms with Crippen LogP contribution in [0.25, 0.3) is 10.9 Å². The van der Waals surface area contributed by atoms with Gasteiger partial charge in [0.05, 0.1) is 24.4 Å². The molecule has 12 heteroatoms. The first-order valence-corrected chi connectivity index (χ1v) is 16.9. The Morgan fingerprint density at radius 1 is 1.02 bits per heavy atom. The van der Waals surface area contributed by atoms with Crippen LogP contribution in [0.5, 0.6) is 5.75 Å². The first-order valence-electron chi connectivity index (χ1n) is 16.9. The quantitative estimate of drug-likeness (QED) is 0.252. The highest BCUT2D eigenvalue weighted by molar-refractivity contribution is 6.03. The van der Waals surface area contributed by atoms with E-state index in [1.807, 2.05) is 20.8 Å². The molecular weight excluding hydrogens is 608 g/mol. The van der Waals surface area contributed by atoms with Crippen LogP contribution in [0.2, 0.25) is 0 Å². The summed E-state index contributed by atoms with van der Waals surface area (Å²) >= 11 is 0. The number of nitrogens with zero attached hydrogens (tertiary/aromatic N) is 4. The number of methoxy groups -OCH3 is 1. The molecule has 3 aromatic rings. The third kappa shape index (κ3) is 7.87. The van der Waals surface area contributed by atoms with Crippen LogP contribution in [0, 0.1) is 5.41 Å². The van der Waals surface area contributed by atoms with Crippen molar-refractivity contribution in [2.45, 2.75) is 77.4 Å². The number of amides is 3. The number of hydrogen-bond donors (Lipinski definition) is 4. The molecule has 2 aliphatic rings. The number of anilines is 3. The number of carbonyl (C=O) groups is 3. The van der Waals surface area contributed by atoms with Gasteiger partial charge in [0.25, 0.3) is 0 Å². The number of ether oxygens (including phenoxy) is 1. The van der Waals surface area contributed by atoms with Crippen LogP contribution in [-0.4, -0.2) is 96.5 Å². The Hall–Kier alpha value is -4.29. The maximum Gasteiger partial charge on any atom is 0.247 e. The van der Waals surface area contributed by atoms with Gasteiger partial charge < -0.3 is 35.8 Å². The number of rotatable bonds is 10. The molecule has 1 unspecified atom stereocenters. The lowest BCUT2D eigenvalue weighted by molar-refractivity contribution is -0.143. The van der Waals surface area contributed by atoms with Crippen molar-refractivity contribution in [3.63, 3.8) is 0 Å². The highest BCUT2D eigenvalue weighted by atomic mass is 16.5. The van der Waals surface area contributed by atoms with Gasteiger partial charge in [-0.25, -0.2) is 9.97 Å². The lowest BCUT2D eigenvalue weighted by Crippen LogP contribution is -2.59. The largest absolute Gasteiger partial charge is 0.494 e. The molecule has 5 rings (SSSR count). The van der Waals surface area contributed by atoms with E-state index in [2.05, 4.69) is 67.4 Å². The smallest absolute Gasteiger partial charge is 0.247 e. The van der Waals surface area contributed by atoms with E-state index in [0.29, 0.717) is 53.5 Å². The van der Waals surface area contributed by atoms with Gasteiger partial charge in [0.1, 0.15) is 30.0 Å². The van der Waals surface area contributed by atoms with Crippen LogP contribution >= 0.6 is 0 Å². The summed E-state index contributed by atoms with van der Waals surface area (Å²) in [5.74, 6) is 0.703. The number of benzene rings is 2. The van der Waals surface area contributed by atoms with E-state index in [1.54, 1.807) is 31.0 Å². The molecule has 48 heavy (non-hydrogen) atoms. The number of hydrogen-bond acceptors (Lipinski definition) is 9. The number of piperidine rings is 1. The summed E-state index contributed by atoms with van der Waals surface area (Å²) in [6.45, 7) is 10.1. The third-order valence-corrected chi connectivity index (χ3v) is 9.55. The van der Waals surface area contributed by atoms with E-state index in [-0.39, 0.29) is 17.7 Å². The summed E-state index contributed by atoms with van der Waals surface area (Å²) in [6, 6.07) is 10.1. The molecule has 2 saturated heterocycles. The SMILES string of the molecule is CN[C@@H](C)C(=O)N[C@H](C(=O)N1CCC[C@H]1C(=O)Nc1cc2c(Nc3ccc(C4CCCN(C)C4)cc3)ncnc2cc1OC)C(C)(C)C. The number of nitrogens with one attached hydrogen (secondary N) is 4. The second kappa shape index (κ2) is 14.9. The number of carbonyl (C=O) groups excluding carboxylic acids is 3. The summed E-state index contributed by atoms with van der Waals surface area (Å²) in [5, 5.41) is 13.0. The Balaban J connectivity index is 1.35. The number of aromatic nitrogens is 2. The molecule has 2 aliphatic heterocycles. The van der Waals surface area contributed by atoms with Crippen molar-refractivity contribution in [2.75, 3.05) is 51.5 Å². The van der Waals surface area contributed by atoms with Crippen molar-refractivity contribution in [1.29, 1.82) is 0 Å². The van der Waals surface area contributed by atoms with Crippen LogP contribution in [0.3, 0.4) is 0 Å². The standard InChI is InChI=1S/C36H50N8O4/c1-22(37-5)33(45)42-31(36(2,3)4)35(47)44-17-9-11-29(44)34(46)41-28-18-26-27(19-30(28)48-7)38-21-39-32(26)40-25-14-12-23(13-15-25)24-10-8-16-43(6)20-24/h12-15,18-19,21-22,24,29,31,37H,8-11,16-17,20H2,1-7H3,(H,41,46)(H,42,45)(H,38,39,40)/t22-,24?,29-,31+/m0/s1. The first-order chi connectivity index (χ1) is 22.9. The molecule has 3 heterocycles. The lowest BCUT2D eigenvalue weighted by Gasteiger charge is -2.36. The third-order valence-electron chi connectivity index (χ3n) is 9.55. The van der Waals surface area contributed by atoms with Gasteiger partial charge in [0, 0.05) is 30.2 Å². The van der Waals surface area contributed by atoms with Crippen LogP contribution < -0.4 is 26.0 Å². The van der Waals surface area contributed by atoms with Gasteiger partial charge in [-0.1, -0.05) is 32.9 Å². The molecule has 0 radical (unpaired) electrons. The van der Waals surface area contributed by atoms with Gasteiger partial charge in [-0.2, -0.15) is 0 Å². The summed E-state index contributed by atoms with van der Waals surface area (Å²) in [5.41, 5.74) is 2.77. The molecule has 3 amide bonds. The Labute approximate surface area is 283 Å². The Bertz CT molecular complexity index is 1620. The van der Waals surface area contributed by atoms with Crippen LogP contribution in [-0.2, 0) is 14.4 Å². The molecule has 0 spiro atoms. The monoisotopic (exact) mass is 658 g/mol. The van der Waals surface area contributed by atoms with Crippen molar-refractivity contribution in [3.8, 4) is 5.75 Å². The Morgan fingerprint density at radius 2 is 1.75 bits per heavy atom. The number of fused-ring (bicyclic) bond motifs is 1. The topological polar surface area (TPSA) is 141 Å². The van der Waals surface area contributed by atoms with E-state index >= 15 is 0 Å². The van der Waals surface area contributed by atoms with Crippen molar-refractivity contribution in [2.24, 2.45) is 5.41 Å². The van der Waals surface area contributed by atoms with E-state index < -0.39 is 23.5 Å². The fraction of sp³-hybridized carbons (Fsp3) is 0.528. The fourth-order valence-electron chi connectivity index (χ4n) is 6.60. The van der Waals surface area contributed by atoms with E-state index in [9.17, 15) is 14.4 Å². The summed E-state index contributed by atoms with van der Waals surface area (Å²) in [6.07, 6.45) is 5.08. The summed E-state index contributed by atoms with van der Waals surface area (Å²) in [4.78, 5) is 53.5. The summed E-state index contributed by atoms with van der Waals surface area (Å²) < 4.78 is 5.65. The van der Waals surface area contributed by atoms with E-state index in [0.717, 1.165) is 18.8 Å². The second-order valence-electron chi connectivity index (χ2n) is 14.1. The Kier molecular flexibility index (Phi) is 10.8. The maximum atomic E-state index is 13.9. The fourth-order valence-corrected chi connectivity index (χ4v) is 6.60. The average Bonchev–Trinajstić information content (AvgIpc) is 3.57. The van der Waals surface area contributed by atoms with E-state index in [1.165, 1.54) is 31.8 Å². The van der Waals surface area contributed by atoms with Crippen molar-refractivity contribution in [1.82, 2.24) is 30.4 Å². The molecule has 1 aromatic heterocycles. The second-order valence-corrected chi connectivity index (χ2v) is 14.1. The number of likely N-dealkylation sites (tertiary alicyclic amines) is 2. The molecule has 4 atom stereocenters. The van der Waals surface area contributed by atoms with Crippen LogP contribution in [0.4, 0.5) is 17.2 Å². The lowest BCUT2D eigenvalue weighted by atomic mass is 9.85. The molecule has 0 bridgehead atoms. The van der Waals surface area contributed by atoms with Crippen LogP contribution in [0.15, 0.2) is 42.7 Å². The first kappa shape index (κ1) is 35.0. The number of likely N-dealkylation sites (N-methyl/N-ethyl adjacent to an activating group) is 2. The van der Waals surface area contributed by atoms with E-state index in [4.69, 9.17) is 4.74 Å².